The minimum Gasteiger partial charge on any atom is -0.368 e. The van der Waals surface area contributed by atoms with Gasteiger partial charge < -0.3 is 15.1 Å². The third-order valence-corrected chi connectivity index (χ3v) is 6.07. The minimum atomic E-state index is 0.292. The minimum absolute atomic E-state index is 0.292. The molecule has 3 aromatic rings. The lowest BCUT2D eigenvalue weighted by Crippen LogP contribution is -2.51. The molecule has 0 amide bonds. The summed E-state index contributed by atoms with van der Waals surface area (Å²) in [7, 11) is 0. The normalized spacial score (nSPS) is 14.2. The largest absolute Gasteiger partial charge is 0.368 e. The van der Waals surface area contributed by atoms with Crippen molar-refractivity contribution in [3.8, 4) is 0 Å². The monoisotopic (exact) mass is 513 g/mol. The van der Waals surface area contributed by atoms with Crippen LogP contribution in [0, 0.1) is 13.8 Å². The molecule has 0 radical (unpaired) electrons. The molecule has 0 unspecified atom stereocenters. The first-order chi connectivity index (χ1) is 16.4. The summed E-state index contributed by atoms with van der Waals surface area (Å²) in [6.45, 7) is 7.00. The van der Waals surface area contributed by atoms with Gasteiger partial charge in [-0.3, -0.25) is 5.32 Å². The Kier molecular flexibility index (Phi) is 7.82. The molecule has 34 heavy (non-hydrogen) atoms. The van der Waals surface area contributed by atoms with E-state index in [0.29, 0.717) is 27.7 Å². The van der Waals surface area contributed by atoms with Crippen LogP contribution in [0.25, 0.3) is 0 Å². The summed E-state index contributed by atoms with van der Waals surface area (Å²) in [5.74, 6) is 1.07. The van der Waals surface area contributed by atoms with Gasteiger partial charge in [-0.2, -0.15) is 4.99 Å². The van der Waals surface area contributed by atoms with E-state index in [4.69, 9.17) is 35.4 Å². The Labute approximate surface area is 214 Å². The quantitative estimate of drug-likeness (QED) is 0.276. The third-order valence-electron chi connectivity index (χ3n) is 5.30. The number of anilines is 3. The number of benzene rings is 2. The van der Waals surface area contributed by atoms with E-state index >= 15 is 0 Å². The van der Waals surface area contributed by atoms with Crippen molar-refractivity contribution in [2.75, 3.05) is 41.7 Å². The van der Waals surface area contributed by atoms with Gasteiger partial charge in [-0.25, -0.2) is 9.97 Å². The van der Waals surface area contributed by atoms with Crippen LogP contribution in [0.2, 0.25) is 10.0 Å². The van der Waals surface area contributed by atoms with Crippen LogP contribution in [0.4, 0.5) is 17.3 Å². The van der Waals surface area contributed by atoms with E-state index in [1.807, 2.05) is 62.4 Å². The molecule has 1 saturated heterocycles. The number of halogens is 2. The van der Waals surface area contributed by atoms with Crippen LogP contribution in [-0.2, 0) is 0 Å². The van der Waals surface area contributed by atoms with E-state index in [2.05, 4.69) is 35.4 Å². The average molecular weight is 514 g/mol. The van der Waals surface area contributed by atoms with Crippen molar-refractivity contribution < 1.29 is 0 Å². The summed E-state index contributed by atoms with van der Waals surface area (Å²) in [5, 5.41) is 7.99. The lowest BCUT2D eigenvalue weighted by molar-refractivity contribution is 0.385. The van der Waals surface area contributed by atoms with E-state index in [0.717, 1.165) is 48.3 Å². The van der Waals surface area contributed by atoms with Crippen molar-refractivity contribution in [3.05, 3.63) is 76.0 Å². The molecule has 2 aromatic carbocycles. The van der Waals surface area contributed by atoms with Gasteiger partial charge in [-0.05, 0) is 68.5 Å². The van der Waals surface area contributed by atoms with Crippen LogP contribution < -0.4 is 15.5 Å². The molecule has 1 aliphatic heterocycles. The first-order valence-corrected chi connectivity index (χ1v) is 12.0. The summed E-state index contributed by atoms with van der Waals surface area (Å²) < 4.78 is 0. The number of aromatic nitrogens is 2. The number of hydrogen-bond donors (Lipinski definition) is 2. The number of aryl methyl sites for hydroxylation is 2. The highest BCUT2D eigenvalue weighted by Crippen LogP contribution is 2.22. The number of guanidine groups is 1. The van der Waals surface area contributed by atoms with Gasteiger partial charge in [0.2, 0.25) is 17.0 Å². The maximum atomic E-state index is 6.27. The number of nitrogens with zero attached hydrogens (tertiary/aromatic N) is 5. The van der Waals surface area contributed by atoms with Crippen LogP contribution in [0.5, 0.6) is 0 Å². The lowest BCUT2D eigenvalue weighted by atomic mass is 10.2. The van der Waals surface area contributed by atoms with E-state index in [9.17, 15) is 0 Å². The summed E-state index contributed by atoms with van der Waals surface area (Å²) in [5.41, 5.74) is 3.59. The molecule has 176 valence electrons. The fourth-order valence-electron chi connectivity index (χ4n) is 3.69. The molecule has 0 spiro atoms. The summed E-state index contributed by atoms with van der Waals surface area (Å²) in [4.78, 5) is 18.2. The molecular weight excluding hydrogens is 489 g/mol. The molecule has 1 aliphatic rings. The zero-order valence-electron chi connectivity index (χ0n) is 18.9. The highest BCUT2D eigenvalue weighted by molar-refractivity contribution is 7.80. The second kappa shape index (κ2) is 11.0. The van der Waals surface area contributed by atoms with E-state index in [1.165, 1.54) is 0 Å². The first kappa shape index (κ1) is 24.2. The number of para-hydroxylation sites is 1. The van der Waals surface area contributed by atoms with Crippen molar-refractivity contribution in [2.45, 2.75) is 13.8 Å². The fourth-order valence-corrected chi connectivity index (χ4v) is 4.20. The zero-order valence-corrected chi connectivity index (χ0v) is 21.3. The van der Waals surface area contributed by atoms with Gasteiger partial charge in [0.1, 0.15) is 0 Å². The van der Waals surface area contributed by atoms with E-state index in [1.54, 1.807) is 6.07 Å². The van der Waals surface area contributed by atoms with E-state index in [-0.39, 0.29) is 0 Å². The number of hydrogen-bond acceptors (Lipinski definition) is 4. The van der Waals surface area contributed by atoms with Crippen LogP contribution >= 0.6 is 35.4 Å². The Morgan fingerprint density at radius 3 is 2.21 bits per heavy atom. The SMILES string of the molecule is Cc1cc(C)nc(N/C(=N/C(=S)Nc2ccccc2Cl)N2CCN(c3ccc(Cl)cc3)CC2)n1. The smallest absolute Gasteiger partial charge is 0.229 e. The molecule has 1 aromatic heterocycles. The maximum absolute atomic E-state index is 6.27. The van der Waals surface area contributed by atoms with Crippen molar-refractivity contribution in [1.29, 1.82) is 0 Å². The second-order valence-corrected chi connectivity index (χ2v) is 9.13. The molecule has 1 fully saturated rings. The number of piperazine rings is 1. The topological polar surface area (TPSA) is 68.7 Å². The maximum Gasteiger partial charge on any atom is 0.229 e. The molecule has 4 rings (SSSR count). The van der Waals surface area contributed by atoms with Crippen molar-refractivity contribution >= 4 is 63.8 Å². The molecule has 7 nitrogen and oxygen atoms in total. The number of rotatable bonds is 3. The Morgan fingerprint density at radius 1 is 0.912 bits per heavy atom. The van der Waals surface area contributed by atoms with Gasteiger partial charge in [0.15, 0.2) is 0 Å². The van der Waals surface area contributed by atoms with Gasteiger partial charge in [-0.1, -0.05) is 35.3 Å². The van der Waals surface area contributed by atoms with Crippen LogP contribution in [0.3, 0.4) is 0 Å². The molecule has 2 heterocycles. The van der Waals surface area contributed by atoms with Gasteiger partial charge in [-0.15, -0.1) is 0 Å². The Morgan fingerprint density at radius 2 is 1.56 bits per heavy atom. The first-order valence-electron chi connectivity index (χ1n) is 10.9. The summed E-state index contributed by atoms with van der Waals surface area (Å²) >= 11 is 17.8. The van der Waals surface area contributed by atoms with Gasteiger partial charge in [0.25, 0.3) is 0 Å². The molecule has 2 N–H and O–H groups in total. The fraction of sp³-hybridized carbons (Fsp3) is 0.250. The summed E-state index contributed by atoms with van der Waals surface area (Å²) in [6.07, 6.45) is 0. The van der Waals surface area contributed by atoms with Gasteiger partial charge in [0.05, 0.1) is 10.7 Å². The highest BCUT2D eigenvalue weighted by Gasteiger charge is 2.22. The lowest BCUT2D eigenvalue weighted by Gasteiger charge is -2.37. The van der Waals surface area contributed by atoms with Gasteiger partial charge in [0, 0.05) is 48.3 Å². The third kappa shape index (κ3) is 6.34. The summed E-state index contributed by atoms with van der Waals surface area (Å²) in [6, 6.07) is 17.2. The Bertz CT molecular complexity index is 1170. The number of thiocarbonyl (C=S) groups is 1. The zero-order chi connectivity index (χ0) is 24.1. The van der Waals surface area contributed by atoms with Gasteiger partial charge >= 0.3 is 0 Å². The molecule has 10 heteroatoms. The molecule has 0 saturated carbocycles. The predicted octanol–water partition coefficient (Wildman–Crippen LogP) is 5.39. The molecular formula is C24H25Cl2N7S. The molecule has 0 atom stereocenters. The van der Waals surface area contributed by atoms with Crippen LogP contribution in [0.15, 0.2) is 59.6 Å². The molecule has 0 aliphatic carbocycles. The number of aliphatic imine (C=N–C) groups is 1. The van der Waals surface area contributed by atoms with Crippen LogP contribution in [-0.4, -0.2) is 52.1 Å². The average Bonchev–Trinajstić information content (AvgIpc) is 2.80. The van der Waals surface area contributed by atoms with Crippen molar-refractivity contribution in [2.24, 2.45) is 4.99 Å². The predicted molar refractivity (Wildman–Crippen MR) is 145 cm³/mol. The second-order valence-electron chi connectivity index (χ2n) is 7.90. The van der Waals surface area contributed by atoms with E-state index < -0.39 is 0 Å². The standard InChI is InChI=1S/C24H25Cl2N7S/c1-16-15-17(2)28-22(27-16)30-23(31-24(34)29-21-6-4-3-5-20(21)26)33-13-11-32(12-14-33)19-9-7-18(25)8-10-19/h3-10,15H,11-14H2,1-2H3,(H2,27,28,29,30,31,34). The van der Waals surface area contributed by atoms with Crippen molar-refractivity contribution in [3.63, 3.8) is 0 Å². The van der Waals surface area contributed by atoms with Crippen LogP contribution in [0.1, 0.15) is 11.4 Å². The Balaban J connectivity index is 1.53. The van der Waals surface area contributed by atoms with Crippen molar-refractivity contribution in [1.82, 2.24) is 14.9 Å². The molecule has 0 bridgehead atoms. The Hall–Kier alpha value is -2.94. The number of nitrogens with one attached hydrogen (secondary N) is 2. The highest BCUT2D eigenvalue weighted by atomic mass is 35.5.